The summed E-state index contributed by atoms with van der Waals surface area (Å²) in [5, 5.41) is 0. The van der Waals surface area contributed by atoms with Crippen molar-refractivity contribution < 1.29 is 17.5 Å². The van der Waals surface area contributed by atoms with Crippen LogP contribution in [0.25, 0.3) is 0 Å². The first-order chi connectivity index (χ1) is 8.33. The number of hydrogen-bond donors (Lipinski definition) is 1. The Morgan fingerprint density at radius 1 is 1.39 bits per heavy atom. The maximum absolute atomic E-state index is 13.2. The van der Waals surface area contributed by atoms with Crippen molar-refractivity contribution in [2.45, 2.75) is 18.7 Å². The van der Waals surface area contributed by atoms with E-state index in [0.717, 1.165) is 6.07 Å². The molecule has 0 aliphatic rings. The summed E-state index contributed by atoms with van der Waals surface area (Å²) in [4.78, 5) is -0.0673. The molecule has 1 rings (SSSR count). The van der Waals surface area contributed by atoms with Crippen LogP contribution in [-0.4, -0.2) is 27.4 Å². The third kappa shape index (κ3) is 4.27. The van der Waals surface area contributed by atoms with Crippen LogP contribution in [0.3, 0.4) is 0 Å². The lowest BCUT2D eigenvalue weighted by Crippen LogP contribution is -2.14. The van der Waals surface area contributed by atoms with E-state index in [1.165, 1.54) is 12.1 Å². The fourth-order valence-corrected chi connectivity index (χ4v) is 2.44. The molecule has 102 valence electrons. The summed E-state index contributed by atoms with van der Waals surface area (Å²) < 4.78 is 42.1. The molecule has 0 amide bonds. The van der Waals surface area contributed by atoms with Crippen LogP contribution >= 0.6 is 0 Å². The van der Waals surface area contributed by atoms with Gasteiger partial charge in [0, 0.05) is 6.61 Å². The van der Waals surface area contributed by atoms with Crippen LogP contribution in [0.1, 0.15) is 13.8 Å². The molecule has 0 atom stereocenters. The summed E-state index contributed by atoms with van der Waals surface area (Å²) in [7, 11) is -3.52. The van der Waals surface area contributed by atoms with Gasteiger partial charge in [-0.25, -0.2) is 12.8 Å². The zero-order valence-corrected chi connectivity index (χ0v) is 11.3. The highest BCUT2D eigenvalue weighted by Crippen LogP contribution is 2.17. The largest absolute Gasteiger partial charge is 0.396 e. The van der Waals surface area contributed by atoms with E-state index >= 15 is 0 Å². The molecule has 18 heavy (non-hydrogen) atoms. The van der Waals surface area contributed by atoms with Gasteiger partial charge in [0.2, 0.25) is 0 Å². The van der Waals surface area contributed by atoms with Crippen LogP contribution in [0.5, 0.6) is 0 Å². The minimum atomic E-state index is -3.52. The Hall–Kier alpha value is -1.14. The molecule has 0 saturated heterocycles. The molecule has 1 aromatic rings. The van der Waals surface area contributed by atoms with Gasteiger partial charge in [-0.3, -0.25) is 0 Å². The topological polar surface area (TPSA) is 69.4 Å². The fourth-order valence-electron chi connectivity index (χ4n) is 1.31. The van der Waals surface area contributed by atoms with Gasteiger partial charge >= 0.3 is 0 Å². The Morgan fingerprint density at radius 3 is 2.61 bits per heavy atom. The smallest absolute Gasteiger partial charge is 0.180 e. The number of ether oxygens (including phenoxy) is 1. The number of nitrogen functional groups attached to an aromatic ring is 1. The summed E-state index contributed by atoms with van der Waals surface area (Å²) in [6.07, 6.45) is 0. The van der Waals surface area contributed by atoms with E-state index in [1.54, 1.807) is 0 Å². The highest BCUT2D eigenvalue weighted by atomic mass is 32.2. The third-order valence-corrected chi connectivity index (χ3v) is 3.95. The Labute approximate surface area is 107 Å². The van der Waals surface area contributed by atoms with Gasteiger partial charge in [0.25, 0.3) is 0 Å². The summed E-state index contributed by atoms with van der Waals surface area (Å²) in [6, 6.07) is 3.49. The average molecular weight is 275 g/mol. The molecule has 2 N–H and O–H groups in total. The number of hydrogen-bond acceptors (Lipinski definition) is 4. The lowest BCUT2D eigenvalue weighted by Gasteiger charge is -2.08. The highest BCUT2D eigenvalue weighted by molar-refractivity contribution is 7.91. The Kier molecular flexibility index (Phi) is 5.10. The maximum Gasteiger partial charge on any atom is 0.180 e. The van der Waals surface area contributed by atoms with E-state index < -0.39 is 15.7 Å². The number of sulfone groups is 1. The third-order valence-electron chi connectivity index (χ3n) is 2.28. The zero-order valence-electron chi connectivity index (χ0n) is 10.5. The molecule has 0 unspecified atom stereocenters. The van der Waals surface area contributed by atoms with Crippen molar-refractivity contribution in [1.29, 1.82) is 0 Å². The highest BCUT2D eigenvalue weighted by Gasteiger charge is 2.16. The van der Waals surface area contributed by atoms with Crippen molar-refractivity contribution in [3.05, 3.63) is 24.0 Å². The second kappa shape index (κ2) is 6.15. The van der Waals surface area contributed by atoms with Crippen molar-refractivity contribution in [2.24, 2.45) is 5.92 Å². The normalized spacial score (nSPS) is 12.0. The molecule has 6 heteroatoms. The molecule has 0 fully saturated rings. The molecule has 0 heterocycles. The maximum atomic E-state index is 13.2. The van der Waals surface area contributed by atoms with Crippen molar-refractivity contribution in [3.8, 4) is 0 Å². The van der Waals surface area contributed by atoms with E-state index in [0.29, 0.717) is 12.5 Å². The van der Waals surface area contributed by atoms with E-state index in [1.807, 2.05) is 13.8 Å². The van der Waals surface area contributed by atoms with Gasteiger partial charge in [-0.2, -0.15) is 0 Å². The predicted molar refractivity (Wildman–Crippen MR) is 68.5 cm³/mol. The van der Waals surface area contributed by atoms with Crippen LogP contribution in [0.2, 0.25) is 0 Å². The molecule has 0 aliphatic carbocycles. The molecule has 0 spiro atoms. The molecule has 4 nitrogen and oxygen atoms in total. The quantitative estimate of drug-likeness (QED) is 0.635. The van der Waals surface area contributed by atoms with Gasteiger partial charge in [0.15, 0.2) is 9.84 Å². The SMILES string of the molecule is CC(C)COCCS(=O)(=O)c1ccc(N)c(F)c1. The zero-order chi connectivity index (χ0) is 13.8. The number of benzene rings is 1. The number of halogens is 1. The molecular weight excluding hydrogens is 257 g/mol. The van der Waals surface area contributed by atoms with E-state index in [9.17, 15) is 12.8 Å². The van der Waals surface area contributed by atoms with Gasteiger partial charge in [0.05, 0.1) is 22.9 Å². The second-order valence-corrected chi connectivity index (χ2v) is 6.58. The predicted octanol–water partition coefficient (Wildman–Crippen LogP) is 1.85. The van der Waals surface area contributed by atoms with Crippen LogP contribution in [0.4, 0.5) is 10.1 Å². The fraction of sp³-hybridized carbons (Fsp3) is 0.500. The summed E-state index contributed by atoms with van der Waals surface area (Å²) in [5.74, 6) is -0.538. The Bertz CT molecular complexity index is 500. The standard InChI is InChI=1S/C12H18FNO3S/c1-9(2)8-17-5-6-18(15,16)10-3-4-12(14)11(13)7-10/h3-4,7,9H,5-6,8,14H2,1-2H3. The Morgan fingerprint density at radius 2 is 2.06 bits per heavy atom. The minimum Gasteiger partial charge on any atom is -0.396 e. The van der Waals surface area contributed by atoms with Crippen molar-refractivity contribution in [2.75, 3.05) is 24.7 Å². The molecular formula is C12H18FNO3S. The van der Waals surface area contributed by atoms with Gasteiger partial charge in [-0.15, -0.1) is 0 Å². The first-order valence-corrected chi connectivity index (χ1v) is 7.33. The molecule has 0 bridgehead atoms. The molecule has 1 aromatic carbocycles. The molecule has 0 radical (unpaired) electrons. The van der Waals surface area contributed by atoms with Gasteiger partial charge < -0.3 is 10.5 Å². The second-order valence-electron chi connectivity index (χ2n) is 4.47. The number of nitrogens with two attached hydrogens (primary N) is 1. The van der Waals surface area contributed by atoms with Gasteiger partial charge in [-0.1, -0.05) is 13.8 Å². The summed E-state index contributed by atoms with van der Waals surface area (Å²) >= 11 is 0. The van der Waals surface area contributed by atoms with Crippen LogP contribution in [0, 0.1) is 11.7 Å². The minimum absolute atomic E-state index is 0.0648. The molecule has 0 aliphatic heterocycles. The van der Waals surface area contributed by atoms with Gasteiger partial charge in [0.1, 0.15) is 5.82 Å². The van der Waals surface area contributed by atoms with Crippen molar-refractivity contribution in [1.82, 2.24) is 0 Å². The summed E-state index contributed by atoms with van der Waals surface area (Å²) in [5.41, 5.74) is 5.23. The number of rotatable bonds is 6. The average Bonchev–Trinajstić information content (AvgIpc) is 2.28. The van der Waals surface area contributed by atoms with Crippen LogP contribution in [0.15, 0.2) is 23.1 Å². The van der Waals surface area contributed by atoms with E-state index in [-0.39, 0.29) is 22.9 Å². The monoisotopic (exact) mass is 275 g/mol. The van der Waals surface area contributed by atoms with Gasteiger partial charge in [-0.05, 0) is 24.1 Å². The first-order valence-electron chi connectivity index (χ1n) is 5.68. The van der Waals surface area contributed by atoms with Crippen LogP contribution in [-0.2, 0) is 14.6 Å². The first kappa shape index (κ1) is 14.9. The van der Waals surface area contributed by atoms with Crippen molar-refractivity contribution >= 4 is 15.5 Å². The molecule has 0 aromatic heterocycles. The van der Waals surface area contributed by atoms with Crippen molar-refractivity contribution in [3.63, 3.8) is 0 Å². The van der Waals surface area contributed by atoms with E-state index in [2.05, 4.69) is 0 Å². The summed E-state index contributed by atoms with van der Waals surface area (Å²) in [6.45, 7) is 4.56. The van der Waals surface area contributed by atoms with Crippen LogP contribution < -0.4 is 5.73 Å². The lowest BCUT2D eigenvalue weighted by atomic mass is 10.2. The molecule has 0 saturated carbocycles. The van der Waals surface area contributed by atoms with E-state index in [4.69, 9.17) is 10.5 Å². The number of anilines is 1. The lowest BCUT2D eigenvalue weighted by molar-refractivity contribution is 0.123. The Balaban J connectivity index is 2.66.